The van der Waals surface area contributed by atoms with Crippen molar-refractivity contribution >= 4 is 5.95 Å². The molecule has 0 amide bonds. The molecule has 1 aromatic carbocycles. The van der Waals surface area contributed by atoms with Crippen LogP contribution in [-0.4, -0.2) is 37.4 Å². The lowest BCUT2D eigenvalue weighted by atomic mass is 10.1. The summed E-state index contributed by atoms with van der Waals surface area (Å²) in [6.07, 6.45) is 6.56. The van der Waals surface area contributed by atoms with Crippen LogP contribution < -0.4 is 4.90 Å². The third-order valence-corrected chi connectivity index (χ3v) is 4.24. The van der Waals surface area contributed by atoms with Crippen LogP contribution in [0.25, 0.3) is 5.82 Å². The van der Waals surface area contributed by atoms with Crippen LogP contribution in [0.3, 0.4) is 0 Å². The average Bonchev–Trinajstić information content (AvgIpc) is 3.33. The number of hydrogen-bond acceptors (Lipinski definition) is 5. The molecule has 0 saturated heterocycles. The second-order valence-electron chi connectivity index (χ2n) is 6.12. The summed E-state index contributed by atoms with van der Waals surface area (Å²) in [5.74, 6) is 0.929. The zero-order valence-corrected chi connectivity index (χ0v) is 13.5. The van der Waals surface area contributed by atoms with E-state index >= 15 is 0 Å². The highest BCUT2D eigenvalue weighted by Crippen LogP contribution is 2.31. The number of aliphatic hydroxyl groups is 1. The van der Waals surface area contributed by atoms with Crippen molar-refractivity contribution in [1.82, 2.24) is 19.7 Å². The molecule has 1 unspecified atom stereocenters. The van der Waals surface area contributed by atoms with Gasteiger partial charge in [-0.25, -0.2) is 14.1 Å². The van der Waals surface area contributed by atoms with Crippen molar-refractivity contribution in [3.63, 3.8) is 0 Å². The number of rotatable bonds is 6. The molecule has 1 N–H and O–H groups in total. The normalized spacial score (nSPS) is 15.1. The van der Waals surface area contributed by atoms with E-state index < -0.39 is 6.10 Å². The highest BCUT2D eigenvalue weighted by atomic mass is 19.1. The van der Waals surface area contributed by atoms with Crippen molar-refractivity contribution in [2.75, 3.05) is 11.4 Å². The van der Waals surface area contributed by atoms with Crippen molar-refractivity contribution < 1.29 is 9.50 Å². The van der Waals surface area contributed by atoms with Gasteiger partial charge in [-0.15, -0.1) is 0 Å². The van der Waals surface area contributed by atoms with Gasteiger partial charge in [0.15, 0.2) is 5.82 Å². The molecule has 1 atom stereocenters. The van der Waals surface area contributed by atoms with E-state index in [2.05, 4.69) is 15.1 Å². The molecule has 0 bridgehead atoms. The van der Waals surface area contributed by atoms with Gasteiger partial charge in [0.25, 0.3) is 0 Å². The predicted octanol–water partition coefficient (Wildman–Crippen LogP) is 2.50. The van der Waals surface area contributed by atoms with Gasteiger partial charge in [-0.2, -0.15) is 10.1 Å². The minimum atomic E-state index is -0.738. The third-order valence-electron chi connectivity index (χ3n) is 4.24. The van der Waals surface area contributed by atoms with E-state index in [0.717, 1.165) is 12.8 Å². The Hall–Kier alpha value is -2.80. The van der Waals surface area contributed by atoms with Crippen LogP contribution in [0.5, 0.6) is 0 Å². The van der Waals surface area contributed by atoms with E-state index in [4.69, 9.17) is 0 Å². The summed E-state index contributed by atoms with van der Waals surface area (Å²) in [7, 11) is 0. The molecule has 4 rings (SSSR count). The Kier molecular flexibility index (Phi) is 4.15. The lowest BCUT2D eigenvalue weighted by Gasteiger charge is -2.25. The van der Waals surface area contributed by atoms with Crippen molar-refractivity contribution in [3.05, 3.63) is 66.4 Å². The van der Waals surface area contributed by atoms with Crippen molar-refractivity contribution in [3.8, 4) is 5.82 Å². The van der Waals surface area contributed by atoms with E-state index in [9.17, 15) is 9.50 Å². The molecular formula is C18H18FN5O. The molecule has 0 aliphatic heterocycles. The van der Waals surface area contributed by atoms with Crippen molar-refractivity contribution in [1.29, 1.82) is 0 Å². The Morgan fingerprint density at radius 1 is 1.20 bits per heavy atom. The number of nitrogens with zero attached hydrogens (tertiary/aromatic N) is 5. The number of aromatic nitrogens is 4. The second kappa shape index (κ2) is 6.60. The van der Waals surface area contributed by atoms with Gasteiger partial charge in [-0.05, 0) is 36.6 Å². The summed E-state index contributed by atoms with van der Waals surface area (Å²) >= 11 is 0. The fraction of sp³-hybridized carbons (Fsp3) is 0.278. The molecule has 3 aromatic rings. The summed E-state index contributed by atoms with van der Waals surface area (Å²) in [4.78, 5) is 11.0. The standard InChI is InChI=1S/C18H18FN5O/c19-14-4-2-13(3-5-14)16(25)12-23(15-6-7-15)18-20-10-8-17(22-18)24-11-1-9-21-24/h1-5,8-11,15-16,25H,6-7,12H2. The number of aliphatic hydroxyl groups excluding tert-OH is 1. The molecule has 128 valence electrons. The van der Waals surface area contributed by atoms with Crippen LogP contribution in [0.15, 0.2) is 55.0 Å². The summed E-state index contributed by atoms with van der Waals surface area (Å²) in [5.41, 5.74) is 0.676. The first kappa shape index (κ1) is 15.7. The van der Waals surface area contributed by atoms with Gasteiger partial charge in [0.05, 0.1) is 12.6 Å². The lowest BCUT2D eigenvalue weighted by Crippen LogP contribution is -2.32. The molecule has 6 nitrogen and oxygen atoms in total. The SMILES string of the molecule is OC(CN(c1nccc(-n2cccn2)n1)C1CC1)c1ccc(F)cc1. The van der Waals surface area contributed by atoms with Gasteiger partial charge >= 0.3 is 0 Å². The summed E-state index contributed by atoms with van der Waals surface area (Å²) in [5, 5.41) is 14.7. The van der Waals surface area contributed by atoms with Gasteiger partial charge in [0.2, 0.25) is 5.95 Å². The average molecular weight is 339 g/mol. The molecule has 2 aromatic heterocycles. The first-order valence-corrected chi connectivity index (χ1v) is 8.24. The van der Waals surface area contributed by atoms with E-state index in [1.165, 1.54) is 12.1 Å². The molecule has 0 spiro atoms. The third kappa shape index (κ3) is 3.51. The smallest absolute Gasteiger partial charge is 0.227 e. The van der Waals surface area contributed by atoms with Crippen molar-refractivity contribution in [2.24, 2.45) is 0 Å². The van der Waals surface area contributed by atoms with E-state index in [1.807, 2.05) is 17.2 Å². The van der Waals surface area contributed by atoms with E-state index in [0.29, 0.717) is 29.9 Å². The van der Waals surface area contributed by atoms with Gasteiger partial charge in [0, 0.05) is 30.7 Å². The molecular weight excluding hydrogens is 321 g/mol. The van der Waals surface area contributed by atoms with Gasteiger partial charge in [0.1, 0.15) is 5.82 Å². The highest BCUT2D eigenvalue weighted by Gasteiger charge is 2.32. The fourth-order valence-corrected chi connectivity index (χ4v) is 2.77. The van der Waals surface area contributed by atoms with Gasteiger partial charge < -0.3 is 10.0 Å². The zero-order chi connectivity index (χ0) is 17.2. The first-order chi connectivity index (χ1) is 12.2. The maximum absolute atomic E-state index is 13.1. The Labute approximate surface area is 144 Å². The summed E-state index contributed by atoms with van der Waals surface area (Å²) in [6.45, 7) is 0.360. The van der Waals surface area contributed by atoms with E-state index in [1.54, 1.807) is 35.3 Å². The Morgan fingerprint density at radius 2 is 2.00 bits per heavy atom. The largest absolute Gasteiger partial charge is 0.387 e. The highest BCUT2D eigenvalue weighted by molar-refractivity contribution is 5.38. The van der Waals surface area contributed by atoms with Crippen LogP contribution in [-0.2, 0) is 0 Å². The van der Waals surface area contributed by atoms with E-state index in [-0.39, 0.29) is 5.82 Å². The zero-order valence-electron chi connectivity index (χ0n) is 13.5. The van der Waals surface area contributed by atoms with Crippen LogP contribution >= 0.6 is 0 Å². The number of anilines is 1. The monoisotopic (exact) mass is 339 g/mol. The van der Waals surface area contributed by atoms with Crippen LogP contribution in [0.2, 0.25) is 0 Å². The first-order valence-electron chi connectivity index (χ1n) is 8.24. The number of benzene rings is 1. The van der Waals surface area contributed by atoms with Crippen molar-refractivity contribution in [2.45, 2.75) is 25.0 Å². The molecule has 7 heteroatoms. The lowest BCUT2D eigenvalue weighted by molar-refractivity contribution is 0.182. The molecule has 1 aliphatic carbocycles. The molecule has 1 aliphatic rings. The molecule has 25 heavy (non-hydrogen) atoms. The quantitative estimate of drug-likeness (QED) is 0.747. The minimum absolute atomic E-state index is 0.315. The fourth-order valence-electron chi connectivity index (χ4n) is 2.77. The summed E-state index contributed by atoms with van der Waals surface area (Å²) < 4.78 is 14.7. The molecule has 2 heterocycles. The molecule has 1 fully saturated rings. The Balaban J connectivity index is 1.57. The van der Waals surface area contributed by atoms with Gasteiger partial charge in [-0.1, -0.05) is 12.1 Å². The Morgan fingerprint density at radius 3 is 2.68 bits per heavy atom. The summed E-state index contributed by atoms with van der Waals surface area (Å²) in [6, 6.07) is 9.86. The molecule has 0 radical (unpaired) electrons. The van der Waals surface area contributed by atoms with Crippen LogP contribution in [0.4, 0.5) is 10.3 Å². The second-order valence-corrected chi connectivity index (χ2v) is 6.12. The molecule has 1 saturated carbocycles. The predicted molar refractivity (Wildman–Crippen MR) is 90.9 cm³/mol. The van der Waals surface area contributed by atoms with Crippen LogP contribution in [0, 0.1) is 5.82 Å². The van der Waals surface area contributed by atoms with Crippen LogP contribution in [0.1, 0.15) is 24.5 Å². The number of hydrogen-bond donors (Lipinski definition) is 1. The van der Waals surface area contributed by atoms with Gasteiger partial charge in [-0.3, -0.25) is 0 Å². The maximum Gasteiger partial charge on any atom is 0.227 e. The maximum atomic E-state index is 13.1. The minimum Gasteiger partial charge on any atom is -0.387 e. The Bertz CT molecular complexity index is 833. The topological polar surface area (TPSA) is 67.1 Å². The number of halogens is 1.